The van der Waals surface area contributed by atoms with Gasteiger partial charge in [0.25, 0.3) is 0 Å². The van der Waals surface area contributed by atoms with E-state index >= 15 is 0 Å². The van der Waals surface area contributed by atoms with Crippen molar-refractivity contribution in [1.82, 2.24) is 0 Å². The van der Waals surface area contributed by atoms with Crippen molar-refractivity contribution in [3.63, 3.8) is 0 Å². The minimum atomic E-state index is -0.695. The molecule has 0 saturated heterocycles. The molecule has 0 saturated carbocycles. The maximum atomic E-state index is 11.9. The van der Waals surface area contributed by atoms with Crippen LogP contribution in [-0.4, -0.2) is 89.9 Å². The van der Waals surface area contributed by atoms with Crippen LogP contribution in [0.1, 0.15) is 37.8 Å². The van der Waals surface area contributed by atoms with Gasteiger partial charge in [-0.25, -0.2) is 0 Å². The molecule has 1 aliphatic rings. The molecule has 252 valence electrons. The van der Waals surface area contributed by atoms with Gasteiger partial charge in [0.05, 0.1) is 39.6 Å². The molecule has 0 unspecified atom stereocenters. The van der Waals surface area contributed by atoms with Crippen LogP contribution in [0.25, 0.3) is 0 Å². The van der Waals surface area contributed by atoms with Crippen LogP contribution in [0.5, 0.6) is 23.0 Å². The first kappa shape index (κ1) is 35.9. The highest BCUT2D eigenvalue weighted by molar-refractivity contribution is 5.91. The van der Waals surface area contributed by atoms with E-state index in [4.69, 9.17) is 47.4 Å². The van der Waals surface area contributed by atoms with E-state index in [0.717, 1.165) is 0 Å². The molecule has 2 aromatic carbocycles. The fourth-order valence-corrected chi connectivity index (χ4v) is 3.88. The van der Waals surface area contributed by atoms with Crippen LogP contribution < -0.4 is 18.9 Å². The minimum absolute atomic E-state index is 0.0644. The van der Waals surface area contributed by atoms with Gasteiger partial charge in [-0.1, -0.05) is 12.1 Å². The van der Waals surface area contributed by atoms with Crippen molar-refractivity contribution < 1.29 is 66.5 Å². The van der Waals surface area contributed by atoms with Crippen LogP contribution in [0.2, 0.25) is 0 Å². The molecule has 0 fully saturated rings. The largest absolute Gasteiger partial charge is 0.487 e. The lowest BCUT2D eigenvalue weighted by atomic mass is 10.2. The normalized spacial score (nSPS) is 14.1. The molecular weight excluding hydrogens is 608 g/mol. The van der Waals surface area contributed by atoms with E-state index in [0.29, 0.717) is 34.1 Å². The Morgan fingerprint density at radius 1 is 0.500 bits per heavy atom. The minimum Gasteiger partial charge on any atom is -0.487 e. The molecule has 14 heteroatoms. The topological polar surface area (TPSA) is 161 Å². The first-order valence-corrected chi connectivity index (χ1v) is 14.9. The van der Waals surface area contributed by atoms with Gasteiger partial charge < -0.3 is 47.4 Å². The van der Waals surface area contributed by atoms with Crippen molar-refractivity contribution in [2.45, 2.75) is 39.9 Å². The zero-order valence-corrected chi connectivity index (χ0v) is 26.1. The Morgan fingerprint density at radius 2 is 0.848 bits per heavy atom. The van der Waals surface area contributed by atoms with Gasteiger partial charge in [0, 0.05) is 0 Å². The summed E-state index contributed by atoms with van der Waals surface area (Å²) in [6, 6.07) is 10.2. The summed E-state index contributed by atoms with van der Waals surface area (Å²) in [7, 11) is 0. The predicted molar refractivity (Wildman–Crippen MR) is 159 cm³/mol. The van der Waals surface area contributed by atoms with Gasteiger partial charge in [0.1, 0.15) is 52.5 Å². The monoisotopic (exact) mass is 648 g/mol. The van der Waals surface area contributed by atoms with Gasteiger partial charge in [-0.05, 0) is 49.2 Å². The Morgan fingerprint density at radius 3 is 1.22 bits per heavy atom. The Labute approximate surface area is 267 Å². The summed E-state index contributed by atoms with van der Waals surface area (Å²) in [6.07, 6.45) is -0.934. The van der Waals surface area contributed by atoms with Gasteiger partial charge in [-0.15, -0.1) is 0 Å². The number of esters is 4. The summed E-state index contributed by atoms with van der Waals surface area (Å²) in [4.78, 5) is 46.9. The molecule has 14 nitrogen and oxygen atoms in total. The van der Waals surface area contributed by atoms with Crippen molar-refractivity contribution >= 4 is 23.9 Å². The second-order valence-corrected chi connectivity index (χ2v) is 9.47. The van der Waals surface area contributed by atoms with Gasteiger partial charge in [0.15, 0.2) is 23.0 Å². The summed E-state index contributed by atoms with van der Waals surface area (Å²) in [5, 5.41) is 0. The van der Waals surface area contributed by atoms with Crippen molar-refractivity contribution in [3.05, 3.63) is 47.5 Å². The highest BCUT2D eigenvalue weighted by Crippen LogP contribution is 2.30. The number of ether oxygens (including phenoxy) is 10. The van der Waals surface area contributed by atoms with Gasteiger partial charge >= 0.3 is 23.9 Å². The summed E-state index contributed by atoms with van der Waals surface area (Å²) >= 11 is 0. The van der Waals surface area contributed by atoms with Crippen molar-refractivity contribution in [3.8, 4) is 23.0 Å². The molecular formula is C32H40O14. The molecule has 0 radical (unpaired) electrons. The highest BCUT2D eigenvalue weighted by atomic mass is 16.6. The molecule has 46 heavy (non-hydrogen) atoms. The first-order chi connectivity index (χ1) is 22.4. The van der Waals surface area contributed by atoms with E-state index in [2.05, 4.69) is 0 Å². The van der Waals surface area contributed by atoms with E-state index in [1.165, 1.54) is 0 Å². The predicted octanol–water partition coefficient (Wildman–Crippen LogP) is 2.94. The van der Waals surface area contributed by atoms with Crippen molar-refractivity contribution in [2.24, 2.45) is 0 Å². The van der Waals surface area contributed by atoms with Gasteiger partial charge in [0.2, 0.25) is 0 Å². The molecule has 0 N–H and O–H groups in total. The SMILES string of the molecule is CCOC(=O)CC(=O)OCc1ccc2c(c1)OCCOCCOc1cc(COC(=O)CC(=O)OCC)ccc1OCCOCCO2. The second-order valence-electron chi connectivity index (χ2n) is 9.47. The summed E-state index contributed by atoms with van der Waals surface area (Å²) in [5.74, 6) is -0.888. The number of fused-ring (bicyclic) bond motifs is 2. The molecule has 0 aromatic heterocycles. The smallest absolute Gasteiger partial charge is 0.317 e. The second kappa shape index (κ2) is 20.5. The number of hydrogen-bond donors (Lipinski definition) is 0. The number of hydrogen-bond acceptors (Lipinski definition) is 14. The zero-order chi connectivity index (χ0) is 33.0. The maximum Gasteiger partial charge on any atom is 0.317 e. The number of benzene rings is 2. The Balaban J connectivity index is 1.54. The average Bonchev–Trinajstić information content (AvgIpc) is 3.03. The highest BCUT2D eigenvalue weighted by Gasteiger charge is 2.15. The molecule has 0 bridgehead atoms. The summed E-state index contributed by atoms with van der Waals surface area (Å²) < 4.78 is 54.7. The van der Waals surface area contributed by atoms with Crippen LogP contribution in [-0.2, 0) is 60.8 Å². The first-order valence-electron chi connectivity index (χ1n) is 14.9. The Hall–Kier alpha value is -4.56. The molecule has 2 aromatic rings. The number of rotatable bonds is 10. The van der Waals surface area contributed by atoms with Gasteiger partial charge in [-0.2, -0.15) is 0 Å². The molecule has 3 rings (SSSR count). The third-order valence-corrected chi connectivity index (χ3v) is 5.94. The average molecular weight is 649 g/mol. The quantitative estimate of drug-likeness (QED) is 0.210. The standard InChI is InChI=1S/C32H40O14/c1-3-39-29(33)19-31(35)45-21-23-5-7-25-27(17-23)43-15-11-38-12-16-44-28-18-24(22-46-32(36)20-30(34)40-4-2)6-8-26(28)42-14-10-37-9-13-41-25/h5-8,17-18H,3-4,9-16,19-22H2,1-2H3. The molecule has 0 atom stereocenters. The van der Waals surface area contributed by atoms with Crippen LogP contribution in [0.15, 0.2) is 36.4 Å². The maximum absolute atomic E-state index is 11.9. The van der Waals surface area contributed by atoms with E-state index in [1.807, 2.05) is 0 Å². The number of carbonyl (C=O) groups is 4. The van der Waals surface area contributed by atoms with E-state index < -0.39 is 36.7 Å². The molecule has 0 aliphatic carbocycles. The fraction of sp³-hybridized carbons (Fsp3) is 0.500. The summed E-state index contributed by atoms with van der Waals surface area (Å²) in [5.41, 5.74) is 1.27. The Bertz CT molecular complexity index is 1180. The van der Waals surface area contributed by atoms with E-state index in [-0.39, 0.29) is 79.3 Å². The van der Waals surface area contributed by atoms with Crippen LogP contribution in [0.4, 0.5) is 0 Å². The fourth-order valence-electron chi connectivity index (χ4n) is 3.88. The van der Waals surface area contributed by atoms with Crippen LogP contribution in [0, 0.1) is 0 Å². The van der Waals surface area contributed by atoms with Crippen molar-refractivity contribution in [1.29, 1.82) is 0 Å². The lowest BCUT2D eigenvalue weighted by Crippen LogP contribution is -2.16. The van der Waals surface area contributed by atoms with Crippen molar-refractivity contribution in [2.75, 3.05) is 66.1 Å². The summed E-state index contributed by atoms with van der Waals surface area (Å²) in [6.45, 7) is 5.44. The van der Waals surface area contributed by atoms with E-state index in [1.54, 1.807) is 50.2 Å². The third-order valence-electron chi connectivity index (χ3n) is 5.94. The zero-order valence-electron chi connectivity index (χ0n) is 26.1. The van der Waals surface area contributed by atoms with Crippen LogP contribution >= 0.6 is 0 Å². The van der Waals surface area contributed by atoms with Gasteiger partial charge in [-0.3, -0.25) is 19.2 Å². The third kappa shape index (κ3) is 13.6. The molecule has 0 spiro atoms. The lowest BCUT2D eigenvalue weighted by molar-refractivity contribution is -0.156. The van der Waals surface area contributed by atoms with Crippen LogP contribution in [0.3, 0.4) is 0 Å². The number of carbonyl (C=O) groups excluding carboxylic acids is 4. The Kier molecular flexibility index (Phi) is 16.0. The molecule has 0 amide bonds. The molecule has 1 heterocycles. The molecule has 1 aliphatic heterocycles. The van der Waals surface area contributed by atoms with E-state index in [9.17, 15) is 19.2 Å². The lowest BCUT2D eigenvalue weighted by Gasteiger charge is -2.17.